The van der Waals surface area contributed by atoms with Gasteiger partial charge in [-0.05, 0) is 36.1 Å². The van der Waals surface area contributed by atoms with Crippen LogP contribution in [0.3, 0.4) is 0 Å². The highest BCUT2D eigenvalue weighted by atomic mass is 35.5. The molecule has 0 spiro atoms. The van der Waals surface area contributed by atoms with Gasteiger partial charge in [-0.25, -0.2) is 0 Å². The predicted octanol–water partition coefficient (Wildman–Crippen LogP) is 3.73. The first kappa shape index (κ1) is 15.0. The van der Waals surface area contributed by atoms with Gasteiger partial charge in [-0.2, -0.15) is 0 Å². The van der Waals surface area contributed by atoms with Crippen LogP contribution in [-0.4, -0.2) is 41.9 Å². The summed E-state index contributed by atoms with van der Waals surface area (Å²) >= 11 is 9.14. The van der Waals surface area contributed by atoms with Crippen LogP contribution in [0.5, 0.6) is 0 Å². The summed E-state index contributed by atoms with van der Waals surface area (Å²) in [5.41, 5.74) is 1.08. The second-order valence-electron chi connectivity index (χ2n) is 5.21. The summed E-state index contributed by atoms with van der Waals surface area (Å²) in [4.78, 5) is 19.0. The Balaban J connectivity index is 1.55. The van der Waals surface area contributed by atoms with Gasteiger partial charge in [0.15, 0.2) is 0 Å². The van der Waals surface area contributed by atoms with Gasteiger partial charge in [-0.1, -0.05) is 11.6 Å². The van der Waals surface area contributed by atoms with Gasteiger partial charge >= 0.3 is 0 Å². The number of carbonyl (C=O) groups is 1. The van der Waals surface area contributed by atoms with Crippen molar-refractivity contribution >= 4 is 40.2 Å². The summed E-state index contributed by atoms with van der Waals surface area (Å²) in [5.74, 6) is 0.182. The predicted molar refractivity (Wildman–Crippen MR) is 89.6 cm³/mol. The van der Waals surface area contributed by atoms with Crippen LogP contribution < -0.4 is 0 Å². The molecule has 0 saturated carbocycles. The number of rotatable bonds is 3. The second-order valence-corrected chi connectivity index (χ2v) is 7.92. The van der Waals surface area contributed by atoms with Gasteiger partial charge in [0.2, 0.25) is 0 Å². The Kier molecular flexibility index (Phi) is 4.64. The summed E-state index contributed by atoms with van der Waals surface area (Å²) < 4.78 is 0.840. The number of halogens is 1. The zero-order valence-electron chi connectivity index (χ0n) is 11.8. The Bertz CT molecular complexity index is 629. The fourth-order valence-electron chi connectivity index (χ4n) is 2.50. The van der Waals surface area contributed by atoms with E-state index >= 15 is 0 Å². The third-order valence-electron chi connectivity index (χ3n) is 3.72. The van der Waals surface area contributed by atoms with Crippen LogP contribution in [0.1, 0.15) is 20.1 Å². The van der Waals surface area contributed by atoms with E-state index in [1.165, 1.54) is 16.2 Å². The third-order valence-corrected chi connectivity index (χ3v) is 5.94. The number of carbonyl (C=O) groups excluding carboxylic acids is 1. The third kappa shape index (κ3) is 3.48. The van der Waals surface area contributed by atoms with Crippen LogP contribution >= 0.6 is 34.3 Å². The van der Waals surface area contributed by atoms with E-state index in [1.807, 2.05) is 29.3 Å². The minimum absolute atomic E-state index is 0.182. The topological polar surface area (TPSA) is 23.6 Å². The molecule has 1 amide bonds. The number of thiophene rings is 2. The highest BCUT2D eigenvalue weighted by molar-refractivity contribution is 7.16. The molecule has 0 bridgehead atoms. The fourth-order valence-corrected chi connectivity index (χ4v) is 4.52. The number of nitrogens with zero attached hydrogens (tertiary/aromatic N) is 2. The maximum absolute atomic E-state index is 12.5. The van der Waals surface area contributed by atoms with Crippen LogP contribution in [0.2, 0.25) is 4.34 Å². The molecule has 0 N–H and O–H groups in total. The molecule has 2 aromatic rings. The molecule has 1 aliphatic heterocycles. The molecule has 0 radical (unpaired) electrons. The van der Waals surface area contributed by atoms with Crippen molar-refractivity contribution in [2.45, 2.75) is 13.5 Å². The average molecular weight is 341 g/mol. The lowest BCUT2D eigenvalue weighted by Gasteiger charge is -2.34. The Morgan fingerprint density at radius 1 is 1.24 bits per heavy atom. The Hall–Kier alpha value is -0.880. The van der Waals surface area contributed by atoms with Crippen molar-refractivity contribution in [3.63, 3.8) is 0 Å². The van der Waals surface area contributed by atoms with Gasteiger partial charge < -0.3 is 4.90 Å². The van der Waals surface area contributed by atoms with Gasteiger partial charge in [0.25, 0.3) is 5.91 Å². The van der Waals surface area contributed by atoms with E-state index in [-0.39, 0.29) is 5.91 Å². The number of aryl methyl sites for hydroxylation is 1. The van der Waals surface area contributed by atoms with Gasteiger partial charge in [0.1, 0.15) is 0 Å². The minimum atomic E-state index is 0.182. The van der Waals surface area contributed by atoms with Crippen molar-refractivity contribution in [3.05, 3.63) is 43.2 Å². The van der Waals surface area contributed by atoms with Crippen molar-refractivity contribution in [3.8, 4) is 0 Å². The fraction of sp³-hybridized carbons (Fsp3) is 0.400. The zero-order valence-corrected chi connectivity index (χ0v) is 14.2. The van der Waals surface area contributed by atoms with Crippen molar-refractivity contribution in [1.29, 1.82) is 0 Å². The van der Waals surface area contributed by atoms with E-state index in [9.17, 15) is 4.79 Å². The largest absolute Gasteiger partial charge is 0.335 e. The first-order chi connectivity index (χ1) is 10.1. The van der Waals surface area contributed by atoms with Crippen LogP contribution in [0.4, 0.5) is 0 Å². The average Bonchev–Trinajstić information content (AvgIpc) is 3.08. The van der Waals surface area contributed by atoms with E-state index < -0.39 is 0 Å². The summed E-state index contributed by atoms with van der Waals surface area (Å²) in [6, 6.07) is 6.04. The molecule has 6 heteroatoms. The molecule has 3 nitrogen and oxygen atoms in total. The SMILES string of the molecule is Cc1ccsc1C(=O)N1CCN(Cc2ccc(Cl)s2)CC1. The van der Waals surface area contributed by atoms with E-state index in [0.29, 0.717) is 0 Å². The maximum Gasteiger partial charge on any atom is 0.264 e. The molecule has 2 aromatic heterocycles. The number of hydrogen-bond donors (Lipinski definition) is 0. The lowest BCUT2D eigenvalue weighted by molar-refractivity contribution is 0.0634. The van der Waals surface area contributed by atoms with Crippen molar-refractivity contribution < 1.29 is 4.79 Å². The van der Waals surface area contributed by atoms with E-state index in [2.05, 4.69) is 11.0 Å². The van der Waals surface area contributed by atoms with Crippen LogP contribution in [0, 0.1) is 6.92 Å². The highest BCUT2D eigenvalue weighted by Gasteiger charge is 2.23. The van der Waals surface area contributed by atoms with E-state index in [4.69, 9.17) is 11.6 Å². The normalized spacial score (nSPS) is 16.4. The second kappa shape index (κ2) is 6.48. The molecule has 3 rings (SSSR count). The Morgan fingerprint density at radius 3 is 2.57 bits per heavy atom. The first-order valence-electron chi connectivity index (χ1n) is 6.93. The summed E-state index contributed by atoms with van der Waals surface area (Å²) in [6.07, 6.45) is 0. The molecular formula is C15H17ClN2OS2. The number of hydrogen-bond acceptors (Lipinski definition) is 4. The molecule has 0 atom stereocenters. The molecule has 1 fully saturated rings. The maximum atomic E-state index is 12.5. The molecule has 1 saturated heterocycles. The number of piperazine rings is 1. The molecule has 21 heavy (non-hydrogen) atoms. The van der Waals surface area contributed by atoms with Gasteiger partial charge in [0.05, 0.1) is 9.21 Å². The molecule has 112 valence electrons. The van der Waals surface area contributed by atoms with E-state index in [0.717, 1.165) is 47.5 Å². The monoisotopic (exact) mass is 340 g/mol. The number of amides is 1. The van der Waals surface area contributed by atoms with Crippen LogP contribution in [0.15, 0.2) is 23.6 Å². The van der Waals surface area contributed by atoms with Crippen molar-refractivity contribution in [1.82, 2.24) is 9.80 Å². The van der Waals surface area contributed by atoms with Crippen molar-refractivity contribution in [2.24, 2.45) is 0 Å². The summed E-state index contributed by atoms with van der Waals surface area (Å²) in [5, 5.41) is 1.99. The summed E-state index contributed by atoms with van der Waals surface area (Å²) in [6.45, 7) is 6.37. The smallest absolute Gasteiger partial charge is 0.264 e. The van der Waals surface area contributed by atoms with Gasteiger partial charge in [-0.15, -0.1) is 22.7 Å². The van der Waals surface area contributed by atoms with Crippen molar-refractivity contribution in [2.75, 3.05) is 26.2 Å². The molecule has 1 aliphatic rings. The lowest BCUT2D eigenvalue weighted by atomic mass is 10.2. The van der Waals surface area contributed by atoms with Gasteiger partial charge in [0, 0.05) is 37.6 Å². The lowest BCUT2D eigenvalue weighted by Crippen LogP contribution is -2.48. The molecular weight excluding hydrogens is 324 g/mol. The zero-order chi connectivity index (χ0) is 14.8. The highest BCUT2D eigenvalue weighted by Crippen LogP contribution is 2.23. The Labute approximate surface area is 137 Å². The first-order valence-corrected chi connectivity index (χ1v) is 9.01. The minimum Gasteiger partial charge on any atom is -0.335 e. The molecule has 0 unspecified atom stereocenters. The summed E-state index contributed by atoms with van der Waals surface area (Å²) in [7, 11) is 0. The van der Waals surface area contributed by atoms with E-state index in [1.54, 1.807) is 11.3 Å². The molecule has 0 aliphatic carbocycles. The Morgan fingerprint density at radius 2 is 2.00 bits per heavy atom. The molecule has 3 heterocycles. The quantitative estimate of drug-likeness (QED) is 0.850. The standard InChI is InChI=1S/C15H17ClN2OS2/c1-11-4-9-20-14(11)15(19)18-7-5-17(6-8-18)10-12-2-3-13(16)21-12/h2-4,9H,5-8,10H2,1H3. The van der Waals surface area contributed by atoms with Gasteiger partial charge in [-0.3, -0.25) is 9.69 Å². The van der Waals surface area contributed by atoms with Crippen LogP contribution in [0.25, 0.3) is 0 Å². The molecule has 0 aromatic carbocycles. The van der Waals surface area contributed by atoms with Crippen LogP contribution in [-0.2, 0) is 6.54 Å².